The summed E-state index contributed by atoms with van der Waals surface area (Å²) in [6.07, 6.45) is 4.64. The molecule has 0 radical (unpaired) electrons. The minimum atomic E-state index is -0.220. The molecule has 0 saturated carbocycles. The largest absolute Gasteiger partial charge is 0.345 e. The molecule has 0 aromatic carbocycles. The summed E-state index contributed by atoms with van der Waals surface area (Å²) in [6.45, 7) is 5.21. The first kappa shape index (κ1) is 12.3. The van der Waals surface area contributed by atoms with E-state index in [0.717, 1.165) is 24.4 Å². The molecule has 2 N–H and O–H groups in total. The van der Waals surface area contributed by atoms with Gasteiger partial charge in [-0.1, -0.05) is 20.3 Å². The lowest BCUT2D eigenvalue weighted by Gasteiger charge is -2.23. The Hall–Kier alpha value is -1.16. The number of nitrogens with one attached hydrogen (secondary N) is 2. The van der Waals surface area contributed by atoms with Crippen LogP contribution in [0.2, 0.25) is 0 Å². The molecule has 1 aromatic rings. The van der Waals surface area contributed by atoms with E-state index in [4.69, 9.17) is 0 Å². The maximum absolute atomic E-state index is 11.5. The van der Waals surface area contributed by atoms with E-state index in [-0.39, 0.29) is 5.69 Å². The molecule has 2 heterocycles. The molecule has 1 aliphatic heterocycles. The molecule has 1 saturated heterocycles. The van der Waals surface area contributed by atoms with Gasteiger partial charge in [-0.15, -0.1) is 0 Å². The fourth-order valence-corrected chi connectivity index (χ4v) is 2.30. The molecule has 4 heteroatoms. The molecule has 1 aromatic heterocycles. The molecule has 0 amide bonds. The number of rotatable bonds is 3. The number of hydrogen-bond acceptors (Lipinski definition) is 3. The lowest BCUT2D eigenvalue weighted by Crippen LogP contribution is -2.36. The zero-order chi connectivity index (χ0) is 12.3. The summed E-state index contributed by atoms with van der Waals surface area (Å²) in [5, 5.41) is 3.49. The van der Waals surface area contributed by atoms with Gasteiger partial charge in [0.1, 0.15) is 0 Å². The SMILES string of the molecule is CC(C)c1cc(CC2CCCCN2)[nH]c(=O)n1. The molecule has 94 valence electrons. The second-order valence-corrected chi connectivity index (χ2v) is 5.14. The smallest absolute Gasteiger partial charge is 0.314 e. The van der Waals surface area contributed by atoms with Gasteiger partial charge in [0, 0.05) is 18.2 Å². The monoisotopic (exact) mass is 235 g/mol. The summed E-state index contributed by atoms with van der Waals surface area (Å²) < 4.78 is 0. The third kappa shape index (κ3) is 3.40. The van der Waals surface area contributed by atoms with Crippen LogP contribution in [0.4, 0.5) is 0 Å². The standard InChI is InChI=1S/C13H21N3O/c1-9(2)12-8-11(15-13(17)16-12)7-10-5-3-4-6-14-10/h8-10,14H,3-7H2,1-2H3,(H,15,16,17). The molecule has 4 nitrogen and oxygen atoms in total. The van der Waals surface area contributed by atoms with E-state index in [1.54, 1.807) is 0 Å². The van der Waals surface area contributed by atoms with Crippen LogP contribution in [-0.2, 0) is 6.42 Å². The normalized spacial score (nSPS) is 20.8. The lowest BCUT2D eigenvalue weighted by molar-refractivity contribution is 0.396. The number of aromatic nitrogens is 2. The Balaban J connectivity index is 2.11. The third-order valence-corrected chi connectivity index (χ3v) is 3.29. The van der Waals surface area contributed by atoms with E-state index < -0.39 is 0 Å². The van der Waals surface area contributed by atoms with Crippen LogP contribution in [0.1, 0.15) is 50.4 Å². The molecule has 2 rings (SSSR count). The summed E-state index contributed by atoms with van der Waals surface area (Å²) in [6, 6.07) is 2.53. The highest BCUT2D eigenvalue weighted by Gasteiger charge is 2.14. The first-order valence-electron chi connectivity index (χ1n) is 6.48. The predicted octanol–water partition coefficient (Wildman–Crippen LogP) is 1.58. The Morgan fingerprint density at radius 1 is 1.47 bits per heavy atom. The highest BCUT2D eigenvalue weighted by atomic mass is 16.1. The molecule has 17 heavy (non-hydrogen) atoms. The summed E-state index contributed by atoms with van der Waals surface area (Å²) >= 11 is 0. The number of aromatic amines is 1. The molecular formula is C13H21N3O. The summed E-state index contributed by atoms with van der Waals surface area (Å²) in [4.78, 5) is 18.3. The Morgan fingerprint density at radius 3 is 2.94 bits per heavy atom. The van der Waals surface area contributed by atoms with Crippen LogP contribution in [0.5, 0.6) is 0 Å². The number of hydrogen-bond donors (Lipinski definition) is 2. The first-order chi connectivity index (χ1) is 8.15. The quantitative estimate of drug-likeness (QED) is 0.836. The van der Waals surface area contributed by atoms with Gasteiger partial charge >= 0.3 is 5.69 Å². The maximum atomic E-state index is 11.5. The van der Waals surface area contributed by atoms with Crippen LogP contribution < -0.4 is 11.0 Å². The molecule has 1 fully saturated rings. The van der Waals surface area contributed by atoms with Gasteiger partial charge in [-0.2, -0.15) is 4.98 Å². The van der Waals surface area contributed by atoms with Crippen LogP contribution in [0.25, 0.3) is 0 Å². The summed E-state index contributed by atoms with van der Waals surface area (Å²) in [5.74, 6) is 0.301. The second kappa shape index (κ2) is 5.45. The molecule has 1 atom stereocenters. The highest BCUT2D eigenvalue weighted by molar-refractivity contribution is 5.12. The number of piperidine rings is 1. The third-order valence-electron chi connectivity index (χ3n) is 3.29. The van der Waals surface area contributed by atoms with Crippen molar-refractivity contribution in [2.45, 2.75) is 51.5 Å². The van der Waals surface area contributed by atoms with Crippen molar-refractivity contribution in [1.29, 1.82) is 0 Å². The second-order valence-electron chi connectivity index (χ2n) is 5.14. The molecule has 0 aliphatic carbocycles. The maximum Gasteiger partial charge on any atom is 0.345 e. The van der Waals surface area contributed by atoms with Gasteiger partial charge in [-0.3, -0.25) is 0 Å². The van der Waals surface area contributed by atoms with Crippen molar-refractivity contribution in [1.82, 2.24) is 15.3 Å². The van der Waals surface area contributed by atoms with Gasteiger partial charge in [-0.05, 0) is 31.4 Å². The fraction of sp³-hybridized carbons (Fsp3) is 0.692. The van der Waals surface area contributed by atoms with Crippen LogP contribution in [-0.4, -0.2) is 22.6 Å². The molecule has 0 spiro atoms. The van der Waals surface area contributed by atoms with Crippen LogP contribution in [0.3, 0.4) is 0 Å². The van der Waals surface area contributed by atoms with E-state index in [9.17, 15) is 4.79 Å². The molecular weight excluding hydrogens is 214 g/mol. The average Bonchev–Trinajstić information content (AvgIpc) is 2.29. The van der Waals surface area contributed by atoms with E-state index in [1.807, 2.05) is 6.07 Å². The fourth-order valence-electron chi connectivity index (χ4n) is 2.30. The van der Waals surface area contributed by atoms with Gasteiger partial charge < -0.3 is 10.3 Å². The Labute approximate surface area is 102 Å². The highest BCUT2D eigenvalue weighted by Crippen LogP contribution is 2.14. The van der Waals surface area contributed by atoms with Gasteiger partial charge in [-0.25, -0.2) is 4.79 Å². The minimum absolute atomic E-state index is 0.220. The Bertz CT molecular complexity index is 419. The van der Waals surface area contributed by atoms with Crippen molar-refractivity contribution in [3.63, 3.8) is 0 Å². The zero-order valence-corrected chi connectivity index (χ0v) is 10.6. The van der Waals surface area contributed by atoms with Crippen molar-refractivity contribution in [3.05, 3.63) is 27.9 Å². The molecule has 0 bridgehead atoms. The van der Waals surface area contributed by atoms with E-state index in [0.29, 0.717) is 12.0 Å². The lowest BCUT2D eigenvalue weighted by atomic mass is 9.99. The summed E-state index contributed by atoms with van der Waals surface area (Å²) in [5.41, 5.74) is 1.68. The first-order valence-corrected chi connectivity index (χ1v) is 6.48. The van der Waals surface area contributed by atoms with Crippen molar-refractivity contribution < 1.29 is 0 Å². The average molecular weight is 235 g/mol. The zero-order valence-electron chi connectivity index (χ0n) is 10.6. The van der Waals surface area contributed by atoms with Crippen LogP contribution >= 0.6 is 0 Å². The number of H-pyrrole nitrogens is 1. The van der Waals surface area contributed by atoms with Crippen molar-refractivity contribution >= 4 is 0 Å². The predicted molar refractivity (Wildman–Crippen MR) is 68.3 cm³/mol. The van der Waals surface area contributed by atoms with Crippen LogP contribution in [0, 0.1) is 0 Å². The van der Waals surface area contributed by atoms with E-state index >= 15 is 0 Å². The van der Waals surface area contributed by atoms with Crippen LogP contribution in [0.15, 0.2) is 10.9 Å². The van der Waals surface area contributed by atoms with Gasteiger partial charge in [0.25, 0.3) is 0 Å². The van der Waals surface area contributed by atoms with Gasteiger partial charge in [0.2, 0.25) is 0 Å². The Morgan fingerprint density at radius 2 is 2.29 bits per heavy atom. The van der Waals surface area contributed by atoms with Crippen molar-refractivity contribution in [2.24, 2.45) is 0 Å². The van der Waals surface area contributed by atoms with Gasteiger partial charge in [0.15, 0.2) is 0 Å². The van der Waals surface area contributed by atoms with E-state index in [1.165, 1.54) is 19.3 Å². The topological polar surface area (TPSA) is 57.8 Å². The van der Waals surface area contributed by atoms with Crippen molar-refractivity contribution in [2.75, 3.05) is 6.54 Å². The molecule has 1 unspecified atom stereocenters. The number of nitrogens with zero attached hydrogens (tertiary/aromatic N) is 1. The Kier molecular flexibility index (Phi) is 3.94. The van der Waals surface area contributed by atoms with Crippen molar-refractivity contribution in [3.8, 4) is 0 Å². The van der Waals surface area contributed by atoms with Gasteiger partial charge in [0.05, 0.1) is 5.69 Å². The summed E-state index contributed by atoms with van der Waals surface area (Å²) in [7, 11) is 0. The van der Waals surface area contributed by atoms with E-state index in [2.05, 4.69) is 29.1 Å². The minimum Gasteiger partial charge on any atom is -0.314 e. The molecule has 1 aliphatic rings.